The second-order valence-electron chi connectivity index (χ2n) is 5.36. The van der Waals surface area contributed by atoms with Crippen LogP contribution in [0.5, 0.6) is 0 Å². The van der Waals surface area contributed by atoms with Crippen LogP contribution < -0.4 is 5.32 Å². The van der Waals surface area contributed by atoms with Gasteiger partial charge in [0.05, 0.1) is 13.2 Å². The number of amides is 2. The topological polar surface area (TPSA) is 41.6 Å². The number of likely N-dealkylation sites (tertiary alicyclic amines) is 1. The van der Waals surface area contributed by atoms with Gasteiger partial charge < -0.3 is 15.0 Å². The van der Waals surface area contributed by atoms with E-state index in [0.717, 1.165) is 45.7 Å². The van der Waals surface area contributed by atoms with Crippen LogP contribution in [0.15, 0.2) is 0 Å². The van der Waals surface area contributed by atoms with Gasteiger partial charge in [0.1, 0.15) is 0 Å². The van der Waals surface area contributed by atoms with Crippen molar-refractivity contribution in [1.29, 1.82) is 0 Å². The molecule has 2 aliphatic rings. The molecule has 4 heteroatoms. The molecule has 2 amide bonds. The van der Waals surface area contributed by atoms with E-state index in [2.05, 4.69) is 12.2 Å². The molecule has 0 aromatic rings. The average molecular weight is 226 g/mol. The van der Waals surface area contributed by atoms with Crippen LogP contribution in [0.25, 0.3) is 0 Å². The zero-order valence-electron chi connectivity index (χ0n) is 10.1. The highest BCUT2D eigenvalue weighted by Gasteiger charge is 2.33. The van der Waals surface area contributed by atoms with E-state index < -0.39 is 0 Å². The Hall–Kier alpha value is -0.770. The maximum absolute atomic E-state index is 11.9. The van der Waals surface area contributed by atoms with Crippen LogP contribution in [-0.2, 0) is 4.74 Å². The second kappa shape index (κ2) is 5.04. The Kier molecular flexibility index (Phi) is 3.69. The Morgan fingerprint density at radius 3 is 2.38 bits per heavy atom. The minimum absolute atomic E-state index is 0.107. The minimum Gasteiger partial charge on any atom is -0.380 e. The number of ether oxygens (including phenoxy) is 1. The maximum Gasteiger partial charge on any atom is 0.317 e. The number of nitrogens with one attached hydrogen (secondary N) is 1. The Bertz CT molecular complexity index is 243. The van der Waals surface area contributed by atoms with Crippen molar-refractivity contribution in [3.05, 3.63) is 0 Å². The lowest BCUT2D eigenvalue weighted by Gasteiger charge is -2.38. The third kappa shape index (κ3) is 2.88. The first kappa shape index (κ1) is 11.7. The molecule has 0 radical (unpaired) electrons. The lowest BCUT2D eigenvalue weighted by atomic mass is 9.89. The molecular formula is C12H22N2O2. The summed E-state index contributed by atoms with van der Waals surface area (Å²) in [6.07, 6.45) is 4.81. The Morgan fingerprint density at radius 2 is 1.88 bits per heavy atom. The van der Waals surface area contributed by atoms with Gasteiger partial charge in [-0.3, -0.25) is 0 Å². The molecule has 92 valence electrons. The van der Waals surface area contributed by atoms with Crippen molar-refractivity contribution in [3.8, 4) is 0 Å². The summed E-state index contributed by atoms with van der Waals surface area (Å²) in [5.74, 6) is 0. The van der Waals surface area contributed by atoms with Crippen LogP contribution in [0.3, 0.4) is 0 Å². The van der Waals surface area contributed by atoms with Gasteiger partial charge in [-0.2, -0.15) is 0 Å². The molecule has 0 atom stereocenters. The first-order valence-corrected chi connectivity index (χ1v) is 6.30. The van der Waals surface area contributed by atoms with Gasteiger partial charge in [0.2, 0.25) is 0 Å². The third-order valence-electron chi connectivity index (χ3n) is 3.46. The highest BCUT2D eigenvalue weighted by atomic mass is 16.5. The maximum atomic E-state index is 11.9. The SMILES string of the molecule is CC1(CNC(=O)N2CCCCCC2)COC1. The standard InChI is InChI=1S/C12H22N2O2/c1-12(9-16-10-12)8-13-11(15)14-6-4-2-3-5-7-14/h2-10H2,1H3,(H,13,15). The van der Waals surface area contributed by atoms with Gasteiger partial charge in [0.15, 0.2) is 0 Å². The highest BCUT2D eigenvalue weighted by molar-refractivity contribution is 5.74. The first-order valence-electron chi connectivity index (χ1n) is 6.30. The van der Waals surface area contributed by atoms with Gasteiger partial charge in [-0.1, -0.05) is 19.8 Å². The molecule has 2 rings (SSSR count). The van der Waals surface area contributed by atoms with Crippen molar-refractivity contribution >= 4 is 6.03 Å². The van der Waals surface area contributed by atoms with Crippen LogP contribution in [-0.4, -0.2) is 43.8 Å². The van der Waals surface area contributed by atoms with Crippen molar-refractivity contribution in [2.75, 3.05) is 32.8 Å². The molecule has 16 heavy (non-hydrogen) atoms. The van der Waals surface area contributed by atoms with Crippen molar-refractivity contribution in [2.45, 2.75) is 32.6 Å². The molecule has 2 saturated heterocycles. The molecule has 0 aliphatic carbocycles. The summed E-state index contributed by atoms with van der Waals surface area (Å²) in [5.41, 5.74) is 0.168. The molecule has 0 bridgehead atoms. The van der Waals surface area contributed by atoms with Gasteiger partial charge in [-0.15, -0.1) is 0 Å². The summed E-state index contributed by atoms with van der Waals surface area (Å²) in [4.78, 5) is 13.9. The fourth-order valence-corrected chi connectivity index (χ4v) is 2.23. The van der Waals surface area contributed by atoms with E-state index in [9.17, 15) is 4.79 Å². The van der Waals surface area contributed by atoms with E-state index in [1.165, 1.54) is 12.8 Å². The van der Waals surface area contributed by atoms with Gasteiger partial charge in [0, 0.05) is 25.0 Å². The number of carbonyl (C=O) groups excluding carboxylic acids is 1. The monoisotopic (exact) mass is 226 g/mol. The molecular weight excluding hydrogens is 204 g/mol. The van der Waals surface area contributed by atoms with Gasteiger partial charge in [-0.25, -0.2) is 4.79 Å². The lowest BCUT2D eigenvalue weighted by Crippen LogP contribution is -2.51. The number of urea groups is 1. The molecule has 0 aromatic heterocycles. The second-order valence-corrected chi connectivity index (χ2v) is 5.36. The molecule has 0 spiro atoms. The van der Waals surface area contributed by atoms with Crippen molar-refractivity contribution in [1.82, 2.24) is 10.2 Å². The number of rotatable bonds is 2. The first-order chi connectivity index (χ1) is 7.70. The van der Waals surface area contributed by atoms with Crippen LogP contribution >= 0.6 is 0 Å². The molecule has 0 saturated carbocycles. The van der Waals surface area contributed by atoms with Crippen molar-refractivity contribution in [2.24, 2.45) is 5.41 Å². The van der Waals surface area contributed by atoms with Gasteiger partial charge in [0.25, 0.3) is 0 Å². The minimum atomic E-state index is 0.107. The van der Waals surface area contributed by atoms with E-state index >= 15 is 0 Å². The van der Waals surface area contributed by atoms with Crippen LogP contribution in [0.1, 0.15) is 32.6 Å². The largest absolute Gasteiger partial charge is 0.380 e. The molecule has 1 N–H and O–H groups in total. The van der Waals surface area contributed by atoms with E-state index in [1.54, 1.807) is 0 Å². The zero-order chi connectivity index (χ0) is 11.4. The lowest BCUT2D eigenvalue weighted by molar-refractivity contribution is -0.0978. The van der Waals surface area contributed by atoms with E-state index in [1.807, 2.05) is 4.90 Å². The van der Waals surface area contributed by atoms with Crippen LogP contribution in [0.4, 0.5) is 4.79 Å². The fourth-order valence-electron chi connectivity index (χ4n) is 2.23. The van der Waals surface area contributed by atoms with Crippen molar-refractivity contribution in [3.63, 3.8) is 0 Å². The Labute approximate surface area is 97.3 Å². The Balaban J connectivity index is 1.73. The summed E-state index contributed by atoms with van der Waals surface area (Å²) < 4.78 is 5.17. The van der Waals surface area contributed by atoms with Crippen molar-refractivity contribution < 1.29 is 9.53 Å². The van der Waals surface area contributed by atoms with E-state index in [0.29, 0.717) is 0 Å². The number of nitrogens with zero attached hydrogens (tertiary/aromatic N) is 1. The summed E-state index contributed by atoms with van der Waals surface area (Å²) in [6, 6.07) is 0.107. The Morgan fingerprint density at radius 1 is 1.25 bits per heavy atom. The summed E-state index contributed by atoms with van der Waals surface area (Å²) in [7, 11) is 0. The summed E-state index contributed by atoms with van der Waals surface area (Å²) in [6.45, 7) is 6.26. The molecule has 2 heterocycles. The number of carbonyl (C=O) groups is 1. The molecule has 4 nitrogen and oxygen atoms in total. The van der Waals surface area contributed by atoms with Crippen LogP contribution in [0, 0.1) is 5.41 Å². The molecule has 2 aliphatic heterocycles. The predicted molar refractivity (Wildman–Crippen MR) is 62.4 cm³/mol. The smallest absolute Gasteiger partial charge is 0.317 e. The van der Waals surface area contributed by atoms with Crippen LogP contribution in [0.2, 0.25) is 0 Å². The van der Waals surface area contributed by atoms with E-state index in [4.69, 9.17) is 4.74 Å². The zero-order valence-corrected chi connectivity index (χ0v) is 10.1. The van der Waals surface area contributed by atoms with Gasteiger partial charge >= 0.3 is 6.03 Å². The van der Waals surface area contributed by atoms with E-state index in [-0.39, 0.29) is 11.4 Å². The number of hydrogen-bond donors (Lipinski definition) is 1. The summed E-state index contributed by atoms with van der Waals surface area (Å²) >= 11 is 0. The quantitative estimate of drug-likeness (QED) is 0.777. The molecule has 0 unspecified atom stereocenters. The normalized spacial score (nSPS) is 24.4. The average Bonchev–Trinajstić information content (AvgIpc) is 2.51. The number of hydrogen-bond acceptors (Lipinski definition) is 2. The third-order valence-corrected chi connectivity index (χ3v) is 3.46. The summed E-state index contributed by atoms with van der Waals surface area (Å²) in [5, 5.41) is 3.03. The van der Waals surface area contributed by atoms with Gasteiger partial charge in [-0.05, 0) is 12.8 Å². The predicted octanol–water partition coefficient (Wildman–Crippen LogP) is 1.61. The molecule has 0 aromatic carbocycles. The molecule has 2 fully saturated rings. The fraction of sp³-hybridized carbons (Fsp3) is 0.917. The highest BCUT2D eigenvalue weighted by Crippen LogP contribution is 2.25.